The number of allylic oxidation sites excluding steroid dienone is 1. The summed E-state index contributed by atoms with van der Waals surface area (Å²) in [4.78, 5) is 22.8. The smallest absolute Gasteiger partial charge is 0.257 e. The lowest BCUT2D eigenvalue weighted by molar-refractivity contribution is -0.113. The average Bonchev–Trinajstić information content (AvgIpc) is 3.62. The van der Waals surface area contributed by atoms with E-state index < -0.39 is 6.04 Å². The van der Waals surface area contributed by atoms with E-state index >= 15 is 0 Å². The number of anilines is 2. The Labute approximate surface area is 237 Å². The van der Waals surface area contributed by atoms with Gasteiger partial charge in [-0.25, -0.2) is 18.7 Å². The molecule has 0 aliphatic carbocycles. The van der Waals surface area contributed by atoms with E-state index in [0.717, 1.165) is 10.2 Å². The van der Waals surface area contributed by atoms with Crippen LogP contribution in [0.1, 0.15) is 25.5 Å². The van der Waals surface area contributed by atoms with Gasteiger partial charge in [-0.3, -0.25) is 4.79 Å². The Hall–Kier alpha value is -4.64. The Morgan fingerprint density at radius 1 is 1.05 bits per heavy atom. The maximum absolute atomic E-state index is 14.1. The minimum Gasteiger partial charge on any atom is -0.327 e. The number of fused-ring (bicyclic) bond motifs is 1. The molecule has 0 bridgehead atoms. The molecule has 200 valence electrons. The highest BCUT2D eigenvalue weighted by molar-refractivity contribution is 9.10. The van der Waals surface area contributed by atoms with Gasteiger partial charge in [0, 0.05) is 33.7 Å². The highest BCUT2D eigenvalue weighted by Crippen LogP contribution is 2.41. The summed E-state index contributed by atoms with van der Waals surface area (Å²) >= 11 is 3.38. The van der Waals surface area contributed by atoms with Crippen molar-refractivity contribution < 1.29 is 9.18 Å². The summed E-state index contributed by atoms with van der Waals surface area (Å²) in [5.41, 5.74) is 3.99. The Morgan fingerprint density at radius 2 is 1.82 bits per heavy atom. The SMILES string of the molecule is CC(C)C1=C(C(=O)Nc2ccc(Br)cn2)C(c2cn(-c3ccccc3)nc2-c2ccc(F)cc2)n2ncnc2N1. The average molecular weight is 599 g/mol. The molecule has 0 saturated carbocycles. The summed E-state index contributed by atoms with van der Waals surface area (Å²) in [5, 5.41) is 15.7. The zero-order valence-electron chi connectivity index (χ0n) is 21.6. The van der Waals surface area contributed by atoms with Gasteiger partial charge in [-0.15, -0.1) is 0 Å². The third-order valence-electron chi connectivity index (χ3n) is 6.59. The van der Waals surface area contributed by atoms with Crippen LogP contribution in [0, 0.1) is 11.7 Å². The molecular formula is C29H24BrFN8O. The molecule has 2 N–H and O–H groups in total. The van der Waals surface area contributed by atoms with Crippen LogP contribution in [0.2, 0.25) is 0 Å². The van der Waals surface area contributed by atoms with E-state index in [1.54, 1.807) is 33.8 Å². The zero-order valence-corrected chi connectivity index (χ0v) is 23.2. The first-order chi connectivity index (χ1) is 19.4. The van der Waals surface area contributed by atoms with Gasteiger partial charge in [0.15, 0.2) is 0 Å². The van der Waals surface area contributed by atoms with E-state index in [4.69, 9.17) is 5.10 Å². The number of hydrogen-bond acceptors (Lipinski definition) is 6. The predicted octanol–water partition coefficient (Wildman–Crippen LogP) is 5.99. The van der Waals surface area contributed by atoms with Crippen LogP contribution in [0.4, 0.5) is 16.2 Å². The second-order valence-corrected chi connectivity index (χ2v) is 10.5. The van der Waals surface area contributed by atoms with Crippen molar-refractivity contribution in [3.05, 3.63) is 113 Å². The third-order valence-corrected chi connectivity index (χ3v) is 7.06. The van der Waals surface area contributed by atoms with E-state index in [1.165, 1.54) is 18.5 Å². The van der Waals surface area contributed by atoms with Gasteiger partial charge in [0.2, 0.25) is 5.95 Å². The lowest BCUT2D eigenvalue weighted by Crippen LogP contribution is -2.33. The highest BCUT2D eigenvalue weighted by Gasteiger charge is 2.38. The summed E-state index contributed by atoms with van der Waals surface area (Å²) < 4.78 is 18.1. The lowest BCUT2D eigenvalue weighted by atomic mass is 9.90. The highest BCUT2D eigenvalue weighted by atomic mass is 79.9. The summed E-state index contributed by atoms with van der Waals surface area (Å²) in [6.07, 6.45) is 4.96. The van der Waals surface area contributed by atoms with Crippen LogP contribution in [0.5, 0.6) is 0 Å². The molecule has 0 spiro atoms. The van der Waals surface area contributed by atoms with E-state index in [-0.39, 0.29) is 17.6 Å². The fraction of sp³-hybridized carbons (Fsp3) is 0.138. The second-order valence-electron chi connectivity index (χ2n) is 9.57. The molecule has 9 nitrogen and oxygen atoms in total. The molecule has 1 atom stereocenters. The van der Waals surface area contributed by atoms with Crippen molar-refractivity contribution in [1.29, 1.82) is 0 Å². The molecule has 1 aliphatic rings. The molecule has 0 saturated heterocycles. The Balaban J connectivity index is 1.56. The number of rotatable bonds is 6. The molecule has 1 aliphatic heterocycles. The summed E-state index contributed by atoms with van der Waals surface area (Å²) in [7, 11) is 0. The van der Waals surface area contributed by atoms with E-state index in [2.05, 4.69) is 41.6 Å². The monoisotopic (exact) mass is 598 g/mol. The number of para-hydroxylation sites is 1. The molecule has 2 aromatic carbocycles. The van der Waals surface area contributed by atoms with Gasteiger partial charge in [0.05, 0.1) is 17.0 Å². The van der Waals surface area contributed by atoms with Gasteiger partial charge >= 0.3 is 0 Å². The van der Waals surface area contributed by atoms with Gasteiger partial charge in [-0.1, -0.05) is 32.0 Å². The van der Waals surface area contributed by atoms with Crippen LogP contribution in [-0.4, -0.2) is 35.4 Å². The van der Waals surface area contributed by atoms with Crippen LogP contribution in [0.25, 0.3) is 16.9 Å². The van der Waals surface area contributed by atoms with E-state index in [1.807, 2.05) is 56.4 Å². The maximum atomic E-state index is 14.1. The fourth-order valence-corrected chi connectivity index (χ4v) is 4.98. The van der Waals surface area contributed by atoms with Crippen molar-refractivity contribution in [1.82, 2.24) is 29.5 Å². The number of amides is 1. The fourth-order valence-electron chi connectivity index (χ4n) is 4.74. The van der Waals surface area contributed by atoms with E-state index in [9.17, 15) is 9.18 Å². The molecule has 0 fully saturated rings. The molecule has 11 heteroatoms. The minimum atomic E-state index is -0.691. The van der Waals surface area contributed by atoms with Crippen LogP contribution in [-0.2, 0) is 4.79 Å². The van der Waals surface area contributed by atoms with Crippen LogP contribution < -0.4 is 10.6 Å². The predicted molar refractivity (Wildman–Crippen MR) is 153 cm³/mol. The third kappa shape index (κ3) is 4.79. The number of aromatic nitrogens is 6. The normalized spacial score (nSPS) is 14.7. The first-order valence-corrected chi connectivity index (χ1v) is 13.4. The second kappa shape index (κ2) is 10.5. The van der Waals surface area contributed by atoms with Crippen LogP contribution in [0.15, 0.2) is 101 Å². The number of carbonyl (C=O) groups is 1. The standard InChI is InChI=1S/C29H24BrFN8O/c1-17(2)25-24(28(40)35-23-13-10-19(30)14-32-23)27(39-29(36-25)33-16-34-39)22-15-38(21-6-4-3-5-7-21)37-26(22)18-8-11-20(31)12-9-18/h3-17,27H,1-2H3,(H,32,35,40)(H,33,34,36). The molecule has 40 heavy (non-hydrogen) atoms. The van der Waals surface area contributed by atoms with Crippen LogP contribution in [0.3, 0.4) is 0 Å². The van der Waals surface area contributed by atoms with Gasteiger partial charge in [0.25, 0.3) is 5.91 Å². The lowest BCUT2D eigenvalue weighted by Gasteiger charge is -2.31. The topological polar surface area (TPSA) is 103 Å². The summed E-state index contributed by atoms with van der Waals surface area (Å²) in [6, 6.07) is 18.7. The molecule has 4 heterocycles. The van der Waals surface area contributed by atoms with Gasteiger partial charge < -0.3 is 10.6 Å². The Morgan fingerprint density at radius 3 is 2.52 bits per heavy atom. The van der Waals surface area contributed by atoms with Crippen molar-refractivity contribution in [3.63, 3.8) is 0 Å². The largest absolute Gasteiger partial charge is 0.327 e. The number of pyridine rings is 1. The minimum absolute atomic E-state index is 0.0509. The molecule has 1 amide bonds. The number of carbonyl (C=O) groups excluding carboxylic acids is 1. The Bertz CT molecular complexity index is 1710. The summed E-state index contributed by atoms with van der Waals surface area (Å²) in [6.45, 7) is 4.01. The summed E-state index contributed by atoms with van der Waals surface area (Å²) in [5.74, 6) is 0.173. The van der Waals surface area contributed by atoms with Gasteiger partial charge in [-0.2, -0.15) is 15.2 Å². The number of halogens is 2. The van der Waals surface area contributed by atoms with Crippen LogP contribution >= 0.6 is 15.9 Å². The quantitative estimate of drug-likeness (QED) is 0.249. The first-order valence-electron chi connectivity index (χ1n) is 12.6. The van der Waals surface area contributed by atoms with E-state index in [0.29, 0.717) is 39.9 Å². The number of hydrogen-bond donors (Lipinski definition) is 2. The van der Waals surface area contributed by atoms with Crippen molar-refractivity contribution in [2.45, 2.75) is 19.9 Å². The maximum Gasteiger partial charge on any atom is 0.257 e. The number of nitrogens with zero attached hydrogens (tertiary/aromatic N) is 6. The molecule has 3 aromatic heterocycles. The van der Waals surface area contributed by atoms with Crippen molar-refractivity contribution in [2.24, 2.45) is 5.92 Å². The number of benzene rings is 2. The Kier molecular flexibility index (Phi) is 6.72. The molecule has 6 rings (SSSR count). The zero-order chi connectivity index (χ0) is 27.8. The first kappa shape index (κ1) is 25.6. The molecule has 5 aromatic rings. The molecule has 1 unspecified atom stereocenters. The van der Waals surface area contributed by atoms with Crippen molar-refractivity contribution in [3.8, 4) is 16.9 Å². The number of nitrogens with one attached hydrogen (secondary N) is 2. The van der Waals surface area contributed by atoms with Gasteiger partial charge in [0.1, 0.15) is 24.0 Å². The van der Waals surface area contributed by atoms with Gasteiger partial charge in [-0.05, 0) is 70.4 Å². The molecular weight excluding hydrogens is 575 g/mol. The van der Waals surface area contributed by atoms with Crippen molar-refractivity contribution >= 4 is 33.6 Å². The van der Waals surface area contributed by atoms with Crippen molar-refractivity contribution in [2.75, 3.05) is 10.6 Å². The molecule has 0 radical (unpaired) electrons.